The summed E-state index contributed by atoms with van der Waals surface area (Å²) < 4.78 is 44.2. The second kappa shape index (κ2) is 9.22. The van der Waals surface area contributed by atoms with Gasteiger partial charge in [0, 0.05) is 20.9 Å². The van der Waals surface area contributed by atoms with Crippen LogP contribution < -0.4 is 0 Å². The van der Waals surface area contributed by atoms with Crippen LogP contribution in [0.1, 0.15) is 6.85 Å². The van der Waals surface area contributed by atoms with Crippen LogP contribution in [-0.4, -0.2) is 4.57 Å². The smallest absolute Gasteiger partial charge is 0.0629 e. The molecule has 0 fully saturated rings. The lowest BCUT2D eigenvalue weighted by molar-refractivity contribution is 1.18. The van der Waals surface area contributed by atoms with Gasteiger partial charge < -0.3 is 4.57 Å². The van der Waals surface area contributed by atoms with Crippen molar-refractivity contribution in [3.63, 3.8) is 0 Å². The summed E-state index contributed by atoms with van der Waals surface area (Å²) in [5.41, 5.74) is 8.27. The predicted octanol–water partition coefficient (Wildman–Crippen LogP) is 11.1. The van der Waals surface area contributed by atoms with Crippen LogP contribution in [0.15, 0.2) is 150 Å². The highest BCUT2D eigenvalue weighted by atomic mass is 79.9. The van der Waals surface area contributed by atoms with E-state index in [0.717, 1.165) is 32.4 Å². The van der Waals surface area contributed by atoms with Crippen LogP contribution in [0.2, 0.25) is 0 Å². The largest absolute Gasteiger partial charge is 0.309 e. The van der Waals surface area contributed by atoms with Crippen LogP contribution in [0.3, 0.4) is 0 Å². The van der Waals surface area contributed by atoms with Crippen molar-refractivity contribution in [2.75, 3.05) is 0 Å². The zero-order valence-electron chi connectivity index (χ0n) is 26.3. The summed E-state index contributed by atoms with van der Waals surface area (Å²) >= 11 is 3.58. The molecule has 0 saturated heterocycles. The second-order valence-corrected chi connectivity index (χ2v) is 10.9. The fraction of sp³-hybridized carbons (Fsp3) is 0. The van der Waals surface area contributed by atoms with Crippen molar-refractivity contribution >= 4 is 48.5 Å². The van der Waals surface area contributed by atoms with Gasteiger partial charge in [-0.05, 0) is 92.7 Å². The molecule has 8 aromatic rings. The maximum absolute atomic E-state index is 8.45. The van der Waals surface area contributed by atoms with Gasteiger partial charge in [-0.15, -0.1) is 0 Å². The number of para-hydroxylation sites is 1. The van der Waals surface area contributed by atoms with Crippen molar-refractivity contribution < 1.29 is 6.85 Å². The highest BCUT2D eigenvalue weighted by Crippen LogP contribution is 2.41. The summed E-state index contributed by atoms with van der Waals surface area (Å²) in [4.78, 5) is 0. The summed E-state index contributed by atoms with van der Waals surface area (Å²) in [5, 5.41) is 4.97. The van der Waals surface area contributed by atoms with Gasteiger partial charge >= 0.3 is 0 Å². The van der Waals surface area contributed by atoms with Gasteiger partial charge in [-0.2, -0.15) is 0 Å². The molecule has 7 aromatic carbocycles. The van der Waals surface area contributed by atoms with Gasteiger partial charge in [-0.3, -0.25) is 0 Å². The van der Waals surface area contributed by atoms with E-state index in [-0.39, 0.29) is 29.7 Å². The molecule has 1 nitrogen and oxygen atoms in total. The molecule has 0 atom stereocenters. The van der Waals surface area contributed by atoms with E-state index in [0.29, 0.717) is 5.56 Å². The molecule has 0 amide bonds. The molecule has 0 aliphatic rings. The summed E-state index contributed by atoms with van der Waals surface area (Å²) in [6, 6.07) is 38.4. The Labute approximate surface area is 248 Å². The SMILES string of the molecule is [2H]c1c([2H])c([2H])c(-c2cc(Br)cc(-c3ccc(-c4cc5ccc6cccc7c6c5c(c4)n7-c4ccccc4)cc3)c2)c([2H])c1[2H]. The Bertz CT molecular complexity index is 2400. The summed E-state index contributed by atoms with van der Waals surface area (Å²) in [6.07, 6.45) is 0. The lowest BCUT2D eigenvalue weighted by Gasteiger charge is -2.11. The number of hydrogen-bond donors (Lipinski definition) is 0. The molecule has 0 saturated carbocycles. The molecule has 0 radical (unpaired) electrons. The van der Waals surface area contributed by atoms with Gasteiger partial charge in [0.15, 0.2) is 0 Å². The third-order valence-electron chi connectivity index (χ3n) is 7.65. The fourth-order valence-electron chi connectivity index (χ4n) is 5.87. The quantitative estimate of drug-likeness (QED) is 0.183. The zero-order chi connectivity index (χ0) is 31.0. The standard InChI is InChI=1S/C38H24BrN/c39-33-22-30(25-8-3-1-4-9-25)21-31(23-33)26-14-16-27(17-15-26)32-20-29-19-18-28-10-7-13-35-37(28)38(29)36(24-32)40(35)34-11-5-2-6-12-34/h1-24H/i1D,3D,4D,8D,9D. The molecular formula is C38H24BrN. The van der Waals surface area contributed by atoms with Gasteiger partial charge in [-0.1, -0.05) is 113 Å². The topological polar surface area (TPSA) is 4.93 Å². The molecule has 0 bridgehead atoms. The van der Waals surface area contributed by atoms with E-state index in [4.69, 9.17) is 6.85 Å². The summed E-state index contributed by atoms with van der Waals surface area (Å²) in [5.74, 6) is 0. The third-order valence-corrected chi connectivity index (χ3v) is 8.11. The number of hydrogen-bond acceptors (Lipinski definition) is 0. The van der Waals surface area contributed by atoms with Crippen molar-refractivity contribution in [3.8, 4) is 39.1 Å². The minimum absolute atomic E-state index is 0.187. The van der Waals surface area contributed by atoms with E-state index in [1.165, 1.54) is 32.6 Å². The van der Waals surface area contributed by atoms with Crippen LogP contribution in [0, 0.1) is 0 Å². The molecule has 1 heterocycles. The molecule has 0 aliphatic heterocycles. The summed E-state index contributed by atoms with van der Waals surface area (Å²) in [6.45, 7) is 0. The lowest BCUT2D eigenvalue weighted by Crippen LogP contribution is -1.93. The minimum atomic E-state index is -0.396. The highest BCUT2D eigenvalue weighted by molar-refractivity contribution is 9.10. The van der Waals surface area contributed by atoms with E-state index >= 15 is 0 Å². The lowest BCUT2D eigenvalue weighted by atomic mass is 9.95. The molecule has 188 valence electrons. The molecular weight excluding hydrogens is 550 g/mol. The number of benzene rings is 7. The normalized spacial score (nSPS) is 13.4. The fourth-order valence-corrected chi connectivity index (χ4v) is 6.36. The van der Waals surface area contributed by atoms with Gasteiger partial charge in [0.2, 0.25) is 0 Å². The average Bonchev–Trinajstić information content (AvgIpc) is 3.41. The van der Waals surface area contributed by atoms with Crippen LogP contribution in [0.5, 0.6) is 0 Å². The van der Waals surface area contributed by atoms with Crippen molar-refractivity contribution in [3.05, 3.63) is 150 Å². The summed E-state index contributed by atoms with van der Waals surface area (Å²) in [7, 11) is 0. The van der Waals surface area contributed by atoms with Crippen LogP contribution in [0.4, 0.5) is 0 Å². The molecule has 0 spiro atoms. The van der Waals surface area contributed by atoms with Gasteiger partial charge in [-0.25, -0.2) is 0 Å². The molecule has 0 N–H and O–H groups in total. The number of halogens is 1. The number of nitrogens with zero attached hydrogens (tertiary/aromatic N) is 1. The highest BCUT2D eigenvalue weighted by Gasteiger charge is 2.17. The van der Waals surface area contributed by atoms with E-state index < -0.39 is 6.04 Å². The van der Waals surface area contributed by atoms with Gasteiger partial charge in [0.05, 0.1) is 17.9 Å². The maximum Gasteiger partial charge on any atom is 0.0629 e. The first-order valence-corrected chi connectivity index (χ1v) is 13.9. The molecule has 1 aromatic heterocycles. The monoisotopic (exact) mass is 578 g/mol. The molecule has 0 aliphatic carbocycles. The predicted molar refractivity (Wildman–Crippen MR) is 173 cm³/mol. The second-order valence-electron chi connectivity index (χ2n) is 10.0. The molecule has 40 heavy (non-hydrogen) atoms. The van der Waals surface area contributed by atoms with Crippen molar-refractivity contribution in [2.24, 2.45) is 0 Å². The van der Waals surface area contributed by atoms with E-state index in [1.54, 1.807) is 6.07 Å². The molecule has 8 rings (SSSR count). The van der Waals surface area contributed by atoms with Crippen LogP contribution in [-0.2, 0) is 0 Å². The van der Waals surface area contributed by atoms with Gasteiger partial charge in [0.25, 0.3) is 0 Å². The Morgan fingerprint density at radius 3 is 1.88 bits per heavy atom. The Balaban J connectivity index is 1.25. The number of rotatable bonds is 4. The Hall–Kier alpha value is -4.66. The van der Waals surface area contributed by atoms with Crippen LogP contribution in [0.25, 0.3) is 71.6 Å². The van der Waals surface area contributed by atoms with Crippen molar-refractivity contribution in [2.45, 2.75) is 0 Å². The first kappa shape index (κ1) is 18.6. The maximum atomic E-state index is 8.45. The van der Waals surface area contributed by atoms with E-state index in [2.05, 4.69) is 111 Å². The minimum Gasteiger partial charge on any atom is -0.309 e. The first-order chi connectivity index (χ1) is 21.8. The Kier molecular flexibility index (Phi) is 4.29. The van der Waals surface area contributed by atoms with Crippen molar-refractivity contribution in [1.82, 2.24) is 4.57 Å². The Morgan fingerprint density at radius 2 is 1.12 bits per heavy atom. The zero-order valence-corrected chi connectivity index (χ0v) is 22.9. The van der Waals surface area contributed by atoms with Crippen molar-refractivity contribution in [1.29, 1.82) is 0 Å². The van der Waals surface area contributed by atoms with E-state index in [1.807, 2.05) is 18.2 Å². The average molecular weight is 580 g/mol. The third kappa shape index (κ3) is 3.76. The molecule has 0 unspecified atom stereocenters. The van der Waals surface area contributed by atoms with Crippen LogP contribution >= 0.6 is 15.9 Å². The molecule has 2 heteroatoms. The Morgan fingerprint density at radius 1 is 0.475 bits per heavy atom. The van der Waals surface area contributed by atoms with Gasteiger partial charge in [0.1, 0.15) is 0 Å². The first-order valence-electron chi connectivity index (χ1n) is 15.6. The number of aromatic nitrogens is 1. The van der Waals surface area contributed by atoms with E-state index in [9.17, 15) is 0 Å².